The topological polar surface area (TPSA) is 82.7 Å². The number of nitrogens with zero attached hydrogens (tertiary/aromatic N) is 1. The van der Waals surface area contributed by atoms with Gasteiger partial charge in [0.2, 0.25) is 5.91 Å². The van der Waals surface area contributed by atoms with Gasteiger partial charge in [0.25, 0.3) is 6.43 Å². The highest BCUT2D eigenvalue weighted by atomic mass is 19.3. The maximum Gasteiger partial charge on any atom is 0.324 e. The van der Waals surface area contributed by atoms with Crippen LogP contribution in [0.1, 0.15) is 44.1 Å². The largest absolute Gasteiger partial charge is 0.485 e. The zero-order chi connectivity index (χ0) is 21.6. The number of alkyl halides is 2. The molecule has 3 N–H and O–H groups in total. The van der Waals surface area contributed by atoms with E-state index in [1.807, 2.05) is 0 Å². The molecule has 166 valence electrons. The zero-order valence-corrected chi connectivity index (χ0v) is 16.7. The molecular formula is C20H27F3N4O3. The Kier molecular flexibility index (Phi) is 7.54. The standard InChI is InChI=1S/C20H27F3N4O3/c21-15-5-4-14(12-16(15)30-13-17(22)23)20(7-8-20)26-24-9-2-1-3-10-27-11-6-18(28)25-19(27)29/h4-5,12,17,24,26H,1-3,6-11,13H2,(H,25,28,29). The number of halogens is 3. The zero-order valence-electron chi connectivity index (χ0n) is 16.7. The average molecular weight is 428 g/mol. The van der Waals surface area contributed by atoms with Crippen molar-refractivity contribution < 1.29 is 27.5 Å². The highest BCUT2D eigenvalue weighted by molar-refractivity contribution is 5.96. The molecule has 7 nitrogen and oxygen atoms in total. The molecule has 1 aromatic carbocycles. The number of imide groups is 1. The van der Waals surface area contributed by atoms with E-state index >= 15 is 0 Å². The van der Waals surface area contributed by atoms with Crippen LogP contribution in [0.5, 0.6) is 5.75 Å². The van der Waals surface area contributed by atoms with E-state index in [4.69, 9.17) is 4.74 Å². The van der Waals surface area contributed by atoms with Gasteiger partial charge in [0, 0.05) is 26.1 Å². The molecule has 0 aromatic heterocycles. The highest BCUT2D eigenvalue weighted by Crippen LogP contribution is 2.46. The third-order valence-corrected chi connectivity index (χ3v) is 5.30. The van der Waals surface area contributed by atoms with Crippen molar-refractivity contribution in [1.29, 1.82) is 0 Å². The first kappa shape index (κ1) is 22.4. The van der Waals surface area contributed by atoms with Gasteiger partial charge >= 0.3 is 6.03 Å². The molecule has 1 heterocycles. The Morgan fingerprint density at radius 3 is 2.70 bits per heavy atom. The van der Waals surface area contributed by atoms with Crippen LogP contribution in [-0.2, 0) is 10.3 Å². The summed E-state index contributed by atoms with van der Waals surface area (Å²) in [5, 5.41) is 2.31. The van der Waals surface area contributed by atoms with E-state index in [1.165, 1.54) is 12.1 Å². The SMILES string of the molecule is O=C1CCN(CCCCCNNC2(c3ccc(F)c(OCC(F)F)c3)CC2)C(=O)N1. The van der Waals surface area contributed by atoms with Gasteiger partial charge < -0.3 is 9.64 Å². The number of hydrazine groups is 1. The predicted octanol–water partition coefficient (Wildman–Crippen LogP) is 2.67. The fraction of sp³-hybridized carbons (Fsp3) is 0.600. The van der Waals surface area contributed by atoms with Gasteiger partial charge in [-0.2, -0.15) is 0 Å². The first-order valence-corrected chi connectivity index (χ1v) is 10.2. The lowest BCUT2D eigenvalue weighted by atomic mass is 10.1. The number of hydrogen-bond donors (Lipinski definition) is 3. The average Bonchev–Trinajstić information content (AvgIpc) is 3.49. The Bertz CT molecular complexity index is 759. The number of rotatable bonds is 12. The number of hydrogen-bond acceptors (Lipinski definition) is 5. The van der Waals surface area contributed by atoms with Crippen molar-refractivity contribution in [3.8, 4) is 5.75 Å². The fourth-order valence-corrected chi connectivity index (χ4v) is 3.41. The van der Waals surface area contributed by atoms with Gasteiger partial charge in [-0.3, -0.25) is 15.5 Å². The van der Waals surface area contributed by atoms with Gasteiger partial charge in [0.15, 0.2) is 11.6 Å². The molecule has 2 aliphatic rings. The lowest BCUT2D eigenvalue weighted by Gasteiger charge is -2.26. The number of carbonyl (C=O) groups excluding carboxylic acids is 2. The van der Waals surface area contributed by atoms with Crippen molar-refractivity contribution in [2.24, 2.45) is 0 Å². The number of urea groups is 1. The second-order valence-corrected chi connectivity index (χ2v) is 7.63. The second-order valence-electron chi connectivity index (χ2n) is 7.63. The Balaban J connectivity index is 1.35. The molecule has 1 saturated carbocycles. The Morgan fingerprint density at radius 2 is 2.00 bits per heavy atom. The maximum absolute atomic E-state index is 13.8. The van der Waals surface area contributed by atoms with E-state index in [9.17, 15) is 22.8 Å². The Hall–Kier alpha value is -2.33. The van der Waals surface area contributed by atoms with Crippen molar-refractivity contribution in [1.82, 2.24) is 21.1 Å². The van der Waals surface area contributed by atoms with Gasteiger partial charge in [-0.05, 0) is 43.4 Å². The summed E-state index contributed by atoms with van der Waals surface area (Å²) in [5.41, 5.74) is 6.90. The monoisotopic (exact) mass is 428 g/mol. The highest BCUT2D eigenvalue weighted by Gasteiger charge is 2.44. The lowest BCUT2D eigenvalue weighted by Crippen LogP contribution is -2.49. The van der Waals surface area contributed by atoms with Crippen LogP contribution in [-0.4, -0.2) is 49.5 Å². The molecule has 2 fully saturated rings. The summed E-state index contributed by atoms with van der Waals surface area (Å²) in [5.74, 6) is -1.05. The molecule has 3 rings (SSSR count). The van der Waals surface area contributed by atoms with Gasteiger partial charge in [-0.1, -0.05) is 12.5 Å². The Morgan fingerprint density at radius 1 is 1.20 bits per heavy atom. The molecule has 1 aliphatic heterocycles. The quantitative estimate of drug-likeness (QED) is 0.352. The van der Waals surface area contributed by atoms with Crippen LogP contribution in [0.25, 0.3) is 0 Å². The van der Waals surface area contributed by atoms with Gasteiger partial charge in [0.05, 0.1) is 5.54 Å². The van der Waals surface area contributed by atoms with Crippen LogP contribution in [0, 0.1) is 5.82 Å². The van der Waals surface area contributed by atoms with Crippen LogP contribution < -0.4 is 20.9 Å². The van der Waals surface area contributed by atoms with E-state index in [-0.39, 0.29) is 23.2 Å². The molecule has 0 spiro atoms. The number of unbranched alkanes of at least 4 members (excludes halogenated alkanes) is 2. The molecule has 3 amide bonds. The van der Waals surface area contributed by atoms with Crippen molar-refractivity contribution in [3.63, 3.8) is 0 Å². The summed E-state index contributed by atoms with van der Waals surface area (Å²) < 4.78 is 43.3. The van der Waals surface area contributed by atoms with Crippen molar-refractivity contribution >= 4 is 11.9 Å². The summed E-state index contributed by atoms with van der Waals surface area (Å²) in [4.78, 5) is 24.4. The molecular weight excluding hydrogens is 401 g/mol. The summed E-state index contributed by atoms with van der Waals surface area (Å²) in [7, 11) is 0. The van der Waals surface area contributed by atoms with E-state index < -0.39 is 18.8 Å². The third kappa shape index (κ3) is 6.09. The Labute approximate surface area is 173 Å². The molecule has 10 heteroatoms. The maximum atomic E-state index is 13.8. The fourth-order valence-electron chi connectivity index (χ4n) is 3.41. The van der Waals surface area contributed by atoms with E-state index in [1.54, 1.807) is 11.0 Å². The van der Waals surface area contributed by atoms with E-state index in [2.05, 4.69) is 16.2 Å². The molecule has 1 saturated heterocycles. The smallest absolute Gasteiger partial charge is 0.324 e. The molecule has 0 bridgehead atoms. The summed E-state index contributed by atoms with van der Waals surface area (Å²) >= 11 is 0. The second kappa shape index (κ2) is 10.1. The van der Waals surface area contributed by atoms with Crippen molar-refractivity contribution in [3.05, 3.63) is 29.6 Å². The number of nitrogens with one attached hydrogen (secondary N) is 3. The normalized spacial score (nSPS) is 17.9. The number of ether oxygens (including phenoxy) is 1. The van der Waals surface area contributed by atoms with Crippen LogP contribution in [0.4, 0.5) is 18.0 Å². The lowest BCUT2D eigenvalue weighted by molar-refractivity contribution is -0.121. The van der Waals surface area contributed by atoms with Gasteiger partial charge in [-0.25, -0.2) is 23.4 Å². The summed E-state index contributed by atoms with van der Waals surface area (Å²) in [6.45, 7) is 0.956. The first-order valence-electron chi connectivity index (χ1n) is 10.2. The molecule has 1 aliphatic carbocycles. The first-order chi connectivity index (χ1) is 14.4. The minimum Gasteiger partial charge on any atom is -0.485 e. The minimum atomic E-state index is -2.66. The van der Waals surface area contributed by atoms with E-state index in [0.717, 1.165) is 37.7 Å². The minimum absolute atomic E-state index is 0.163. The van der Waals surface area contributed by atoms with Crippen molar-refractivity contribution in [2.75, 3.05) is 26.2 Å². The predicted molar refractivity (Wildman–Crippen MR) is 104 cm³/mol. The molecule has 30 heavy (non-hydrogen) atoms. The molecule has 0 unspecified atom stereocenters. The van der Waals surface area contributed by atoms with Crippen LogP contribution >= 0.6 is 0 Å². The molecule has 0 radical (unpaired) electrons. The number of carbonyl (C=O) groups is 2. The molecule has 1 aromatic rings. The van der Waals surface area contributed by atoms with Gasteiger partial charge in [0.1, 0.15) is 6.61 Å². The van der Waals surface area contributed by atoms with Crippen LogP contribution in [0.2, 0.25) is 0 Å². The number of benzene rings is 1. The van der Waals surface area contributed by atoms with Crippen molar-refractivity contribution in [2.45, 2.75) is 50.5 Å². The summed E-state index contributed by atoms with van der Waals surface area (Å²) in [6, 6.07) is 4.04. The van der Waals surface area contributed by atoms with Crippen LogP contribution in [0.3, 0.4) is 0 Å². The van der Waals surface area contributed by atoms with E-state index in [0.29, 0.717) is 26.1 Å². The van der Waals surface area contributed by atoms with Crippen LogP contribution in [0.15, 0.2) is 18.2 Å². The third-order valence-electron chi connectivity index (χ3n) is 5.30. The summed E-state index contributed by atoms with van der Waals surface area (Å²) in [6.07, 6.45) is 2.04. The number of amides is 3. The van der Waals surface area contributed by atoms with Gasteiger partial charge in [-0.15, -0.1) is 0 Å². The molecule has 0 atom stereocenters.